The van der Waals surface area contributed by atoms with Gasteiger partial charge in [-0.05, 0) is 19.3 Å². The summed E-state index contributed by atoms with van der Waals surface area (Å²) in [4.78, 5) is 13.8. The summed E-state index contributed by atoms with van der Waals surface area (Å²) in [6.45, 7) is 2.23. The van der Waals surface area contributed by atoms with E-state index in [-0.39, 0.29) is 18.2 Å². The molecule has 0 spiro atoms. The monoisotopic (exact) mass is 263 g/mol. The summed E-state index contributed by atoms with van der Waals surface area (Å²) in [7, 11) is -4.00. The highest BCUT2D eigenvalue weighted by molar-refractivity contribution is 7.86. The summed E-state index contributed by atoms with van der Waals surface area (Å²) in [5.41, 5.74) is 0. The summed E-state index contributed by atoms with van der Waals surface area (Å²) in [6.07, 6.45) is 1.16. The quantitative estimate of drug-likeness (QED) is 0.703. The number of morpholine rings is 1. The molecule has 2 aliphatic rings. The molecule has 2 atom stereocenters. The molecule has 1 heterocycles. The minimum absolute atomic E-state index is 0.000509. The van der Waals surface area contributed by atoms with Crippen molar-refractivity contribution in [3.8, 4) is 0 Å². The molecule has 0 bridgehead atoms. The minimum atomic E-state index is -4.00. The second-order valence-corrected chi connectivity index (χ2v) is 6.28. The molecule has 1 saturated heterocycles. The highest BCUT2D eigenvalue weighted by Crippen LogP contribution is 2.31. The maximum atomic E-state index is 12.1. The summed E-state index contributed by atoms with van der Waals surface area (Å²) in [6, 6.07) is 0. The number of nitrogens with zero attached hydrogens (tertiary/aromatic N) is 1. The molecule has 7 heteroatoms. The second kappa shape index (κ2) is 4.91. The van der Waals surface area contributed by atoms with Crippen LogP contribution >= 0.6 is 0 Å². The molecule has 0 aromatic heterocycles. The van der Waals surface area contributed by atoms with Gasteiger partial charge in [-0.3, -0.25) is 9.35 Å². The van der Waals surface area contributed by atoms with Crippen LogP contribution in [0.25, 0.3) is 0 Å². The van der Waals surface area contributed by atoms with Crippen molar-refractivity contribution in [1.29, 1.82) is 0 Å². The number of ether oxygens (including phenoxy) is 1. The van der Waals surface area contributed by atoms with Crippen LogP contribution in [-0.4, -0.2) is 55.3 Å². The number of rotatable bonds is 2. The Labute approximate surface area is 101 Å². The van der Waals surface area contributed by atoms with Gasteiger partial charge in [0.2, 0.25) is 5.91 Å². The van der Waals surface area contributed by atoms with Crippen LogP contribution in [-0.2, 0) is 19.6 Å². The van der Waals surface area contributed by atoms with Gasteiger partial charge in [0, 0.05) is 19.0 Å². The molecule has 1 aliphatic heterocycles. The van der Waals surface area contributed by atoms with Crippen molar-refractivity contribution in [1.82, 2.24) is 4.90 Å². The van der Waals surface area contributed by atoms with E-state index in [4.69, 9.17) is 9.29 Å². The van der Waals surface area contributed by atoms with Crippen LogP contribution in [0.5, 0.6) is 0 Å². The van der Waals surface area contributed by atoms with E-state index in [2.05, 4.69) is 0 Å². The number of carbonyl (C=O) groups is 1. The zero-order chi connectivity index (χ0) is 12.5. The van der Waals surface area contributed by atoms with Crippen LogP contribution in [0.15, 0.2) is 0 Å². The number of hydrogen-bond donors (Lipinski definition) is 1. The van der Waals surface area contributed by atoms with Crippen LogP contribution in [0.3, 0.4) is 0 Å². The zero-order valence-electron chi connectivity index (χ0n) is 9.54. The molecule has 1 N–H and O–H groups in total. The van der Waals surface area contributed by atoms with Crippen molar-refractivity contribution in [3.63, 3.8) is 0 Å². The summed E-state index contributed by atoms with van der Waals surface area (Å²) in [5, 5.41) is -0.766. The van der Waals surface area contributed by atoms with E-state index < -0.39 is 15.4 Å². The van der Waals surface area contributed by atoms with E-state index in [0.717, 1.165) is 0 Å². The Morgan fingerprint density at radius 2 is 1.88 bits per heavy atom. The van der Waals surface area contributed by atoms with E-state index in [1.807, 2.05) is 0 Å². The Kier molecular flexibility index (Phi) is 3.70. The minimum Gasteiger partial charge on any atom is -0.378 e. The maximum Gasteiger partial charge on any atom is 0.267 e. The Morgan fingerprint density at radius 3 is 2.41 bits per heavy atom. The number of amides is 1. The topological polar surface area (TPSA) is 83.9 Å². The highest BCUT2D eigenvalue weighted by Gasteiger charge is 2.38. The summed E-state index contributed by atoms with van der Waals surface area (Å²) >= 11 is 0. The van der Waals surface area contributed by atoms with Crippen LogP contribution in [0.2, 0.25) is 0 Å². The first-order valence-corrected chi connectivity index (χ1v) is 7.31. The van der Waals surface area contributed by atoms with Crippen LogP contribution in [0, 0.1) is 5.92 Å². The fourth-order valence-electron chi connectivity index (χ4n) is 2.48. The average molecular weight is 263 g/mol. The van der Waals surface area contributed by atoms with Crippen molar-refractivity contribution in [2.24, 2.45) is 5.92 Å². The van der Waals surface area contributed by atoms with Crippen molar-refractivity contribution in [2.75, 3.05) is 26.3 Å². The summed E-state index contributed by atoms with van der Waals surface area (Å²) in [5.74, 6) is -0.264. The molecular weight excluding hydrogens is 246 g/mol. The lowest BCUT2D eigenvalue weighted by molar-refractivity contribution is -0.139. The van der Waals surface area contributed by atoms with Gasteiger partial charge in [0.05, 0.1) is 18.5 Å². The second-order valence-electron chi connectivity index (χ2n) is 4.58. The fourth-order valence-corrected chi connectivity index (χ4v) is 3.39. The first kappa shape index (κ1) is 12.8. The van der Waals surface area contributed by atoms with Gasteiger partial charge < -0.3 is 9.64 Å². The predicted octanol–water partition coefficient (Wildman–Crippen LogP) is -0.0983. The first-order chi connectivity index (χ1) is 7.98. The molecule has 0 aromatic rings. The van der Waals surface area contributed by atoms with Gasteiger partial charge in [-0.2, -0.15) is 8.42 Å². The highest BCUT2D eigenvalue weighted by atomic mass is 32.2. The SMILES string of the molecule is O=C([C@H]1CC[C@H](S(=O)(=O)O)C1)N1CCOCC1. The van der Waals surface area contributed by atoms with Crippen LogP contribution in [0.1, 0.15) is 19.3 Å². The van der Waals surface area contributed by atoms with Crippen molar-refractivity contribution in [3.05, 3.63) is 0 Å². The molecule has 0 aromatic carbocycles. The zero-order valence-corrected chi connectivity index (χ0v) is 10.4. The van der Waals surface area contributed by atoms with Crippen molar-refractivity contribution in [2.45, 2.75) is 24.5 Å². The Balaban J connectivity index is 1.93. The van der Waals surface area contributed by atoms with E-state index >= 15 is 0 Å². The van der Waals surface area contributed by atoms with Gasteiger partial charge in [0.15, 0.2) is 0 Å². The molecule has 98 valence electrons. The lowest BCUT2D eigenvalue weighted by Gasteiger charge is -2.29. The normalized spacial score (nSPS) is 30.5. The van der Waals surface area contributed by atoms with E-state index in [1.165, 1.54) is 0 Å². The largest absolute Gasteiger partial charge is 0.378 e. The van der Waals surface area contributed by atoms with Gasteiger partial charge in [-0.25, -0.2) is 0 Å². The molecule has 1 aliphatic carbocycles. The molecule has 1 amide bonds. The molecule has 0 unspecified atom stereocenters. The maximum absolute atomic E-state index is 12.1. The summed E-state index contributed by atoms with van der Waals surface area (Å²) < 4.78 is 36.1. The van der Waals surface area contributed by atoms with E-state index in [0.29, 0.717) is 39.1 Å². The molecule has 2 rings (SSSR count). The van der Waals surface area contributed by atoms with Gasteiger partial charge in [0.1, 0.15) is 0 Å². The number of hydrogen-bond acceptors (Lipinski definition) is 4. The van der Waals surface area contributed by atoms with E-state index in [1.54, 1.807) is 4.90 Å². The van der Waals surface area contributed by atoms with Crippen molar-refractivity contribution < 1.29 is 22.5 Å². The molecule has 0 radical (unpaired) electrons. The molecule has 1 saturated carbocycles. The van der Waals surface area contributed by atoms with E-state index in [9.17, 15) is 13.2 Å². The first-order valence-electron chi connectivity index (χ1n) is 5.81. The third-order valence-corrected chi connectivity index (χ3v) is 4.75. The van der Waals surface area contributed by atoms with Crippen LogP contribution in [0.4, 0.5) is 0 Å². The number of carbonyl (C=O) groups excluding carboxylic acids is 1. The van der Waals surface area contributed by atoms with Gasteiger partial charge >= 0.3 is 0 Å². The van der Waals surface area contributed by atoms with Gasteiger partial charge in [0.25, 0.3) is 10.1 Å². The third kappa shape index (κ3) is 2.97. The molecule has 17 heavy (non-hydrogen) atoms. The molecular formula is C10H17NO5S. The fraction of sp³-hybridized carbons (Fsp3) is 0.900. The molecule has 2 fully saturated rings. The lowest BCUT2D eigenvalue weighted by Crippen LogP contribution is -2.43. The Bertz CT molecular complexity index is 388. The Morgan fingerprint density at radius 1 is 1.24 bits per heavy atom. The Hall–Kier alpha value is -0.660. The average Bonchev–Trinajstić information content (AvgIpc) is 2.78. The van der Waals surface area contributed by atoms with Gasteiger partial charge in [-0.15, -0.1) is 0 Å². The predicted molar refractivity (Wildman–Crippen MR) is 60.1 cm³/mol. The van der Waals surface area contributed by atoms with Gasteiger partial charge in [-0.1, -0.05) is 0 Å². The lowest BCUT2D eigenvalue weighted by atomic mass is 10.1. The van der Waals surface area contributed by atoms with Crippen LogP contribution < -0.4 is 0 Å². The third-order valence-electron chi connectivity index (χ3n) is 3.48. The van der Waals surface area contributed by atoms with Crippen molar-refractivity contribution >= 4 is 16.0 Å². The molecule has 6 nitrogen and oxygen atoms in total. The standard InChI is InChI=1S/C10H17NO5S/c12-10(11-3-5-16-6-4-11)8-1-2-9(7-8)17(13,14)15/h8-9H,1-7H2,(H,13,14,15)/t8-,9-/m0/s1. The smallest absolute Gasteiger partial charge is 0.267 e.